The predicted octanol–water partition coefficient (Wildman–Crippen LogP) is 1.83. The van der Waals surface area contributed by atoms with Crippen LogP contribution < -0.4 is 14.8 Å². The summed E-state index contributed by atoms with van der Waals surface area (Å²) < 4.78 is 12.7. The Balaban J connectivity index is 1.50. The van der Waals surface area contributed by atoms with Gasteiger partial charge in [0.05, 0.1) is 19.2 Å². The highest BCUT2D eigenvalue weighted by Crippen LogP contribution is 2.29. The van der Waals surface area contributed by atoms with Crippen molar-refractivity contribution in [1.82, 2.24) is 19.9 Å². The summed E-state index contributed by atoms with van der Waals surface area (Å²) in [5.74, 6) is 1.93. The summed E-state index contributed by atoms with van der Waals surface area (Å²) in [6.07, 6.45) is 3.68. The van der Waals surface area contributed by atoms with Gasteiger partial charge in [-0.3, -0.25) is 9.20 Å². The van der Waals surface area contributed by atoms with Crippen LogP contribution in [0.2, 0.25) is 0 Å². The maximum Gasteiger partial charge on any atom is 0.251 e. The minimum Gasteiger partial charge on any atom is -0.497 e. The van der Waals surface area contributed by atoms with E-state index in [1.807, 2.05) is 53.1 Å². The van der Waals surface area contributed by atoms with Gasteiger partial charge in [-0.15, -0.1) is 10.2 Å². The van der Waals surface area contributed by atoms with Crippen LogP contribution >= 0.6 is 0 Å². The molecular formula is C18H16N4O3. The molecule has 0 aliphatic carbocycles. The number of hydrogen-bond acceptors (Lipinski definition) is 5. The molecule has 25 heavy (non-hydrogen) atoms. The van der Waals surface area contributed by atoms with E-state index in [1.165, 1.54) is 0 Å². The van der Waals surface area contributed by atoms with Crippen molar-refractivity contribution in [2.45, 2.75) is 6.54 Å². The number of carbonyl (C=O) groups excluding carboxylic acids is 1. The van der Waals surface area contributed by atoms with Crippen molar-refractivity contribution in [2.24, 2.45) is 0 Å². The predicted molar refractivity (Wildman–Crippen MR) is 91.3 cm³/mol. The molecule has 0 bridgehead atoms. The summed E-state index contributed by atoms with van der Waals surface area (Å²) in [6, 6.07) is 11.1. The first-order valence-electron chi connectivity index (χ1n) is 7.83. The number of ether oxygens (including phenoxy) is 2. The Morgan fingerprint density at radius 3 is 3.12 bits per heavy atom. The van der Waals surface area contributed by atoms with Gasteiger partial charge in [-0.1, -0.05) is 6.07 Å². The number of benzene rings is 1. The molecule has 1 amide bonds. The molecule has 7 nitrogen and oxygen atoms in total. The Bertz CT molecular complexity index is 977. The van der Waals surface area contributed by atoms with Gasteiger partial charge in [0.1, 0.15) is 18.1 Å². The third-order valence-corrected chi connectivity index (χ3v) is 4.01. The Hall–Kier alpha value is -3.35. The molecule has 2 aromatic heterocycles. The molecule has 3 heterocycles. The average Bonchev–Trinajstić information content (AvgIpc) is 3.08. The molecule has 1 aliphatic heterocycles. The number of aromatic nitrogens is 3. The van der Waals surface area contributed by atoms with Crippen molar-refractivity contribution in [3.63, 3.8) is 0 Å². The second-order valence-electron chi connectivity index (χ2n) is 5.59. The number of rotatable bonds is 4. The second-order valence-corrected chi connectivity index (χ2v) is 5.59. The smallest absolute Gasteiger partial charge is 0.251 e. The van der Waals surface area contributed by atoms with Crippen LogP contribution in [0.1, 0.15) is 11.4 Å². The average molecular weight is 336 g/mol. The molecule has 0 fully saturated rings. The molecule has 0 saturated heterocycles. The second kappa shape index (κ2) is 6.27. The number of nitrogens with one attached hydrogen (secondary N) is 1. The lowest BCUT2D eigenvalue weighted by molar-refractivity contribution is -0.118. The fraction of sp³-hybridized carbons (Fsp3) is 0.167. The molecule has 7 heteroatoms. The largest absolute Gasteiger partial charge is 0.497 e. The first kappa shape index (κ1) is 15.2. The molecule has 1 aliphatic rings. The van der Waals surface area contributed by atoms with E-state index in [9.17, 15) is 4.79 Å². The standard InChI is InChI=1S/C18H16N4O3/c1-24-14-5-6-15-12(9-14)8-13(11-25-15)18(23)19-10-17-21-20-16-4-2-3-7-22(16)17/h2-9H,10-11H2,1H3,(H,19,23). The van der Waals surface area contributed by atoms with E-state index in [2.05, 4.69) is 15.5 Å². The molecule has 0 saturated carbocycles. The number of pyridine rings is 1. The monoisotopic (exact) mass is 336 g/mol. The zero-order chi connectivity index (χ0) is 17.2. The highest BCUT2D eigenvalue weighted by Gasteiger charge is 2.18. The molecule has 0 atom stereocenters. The van der Waals surface area contributed by atoms with Crippen LogP contribution in [0, 0.1) is 0 Å². The number of hydrogen-bond donors (Lipinski definition) is 1. The quantitative estimate of drug-likeness (QED) is 0.786. The molecule has 126 valence electrons. The maximum absolute atomic E-state index is 12.4. The topological polar surface area (TPSA) is 77.8 Å². The molecular weight excluding hydrogens is 320 g/mol. The molecule has 4 rings (SSSR count). The van der Waals surface area contributed by atoms with Crippen LogP contribution in [0.3, 0.4) is 0 Å². The normalized spacial score (nSPS) is 12.9. The molecule has 0 spiro atoms. The third-order valence-electron chi connectivity index (χ3n) is 4.01. The van der Waals surface area contributed by atoms with E-state index in [0.717, 1.165) is 22.7 Å². The van der Waals surface area contributed by atoms with Crippen LogP contribution in [-0.4, -0.2) is 34.2 Å². The molecule has 1 N–H and O–H groups in total. The Labute approximate surface area is 143 Å². The fourth-order valence-corrected chi connectivity index (χ4v) is 2.70. The van der Waals surface area contributed by atoms with Gasteiger partial charge in [-0.2, -0.15) is 0 Å². The van der Waals surface area contributed by atoms with Gasteiger partial charge in [0.2, 0.25) is 0 Å². The van der Waals surface area contributed by atoms with Gasteiger partial charge < -0.3 is 14.8 Å². The summed E-state index contributed by atoms with van der Waals surface area (Å²) in [5, 5.41) is 11.0. The lowest BCUT2D eigenvalue weighted by atomic mass is 10.1. The van der Waals surface area contributed by atoms with Crippen LogP contribution in [0.5, 0.6) is 11.5 Å². The summed E-state index contributed by atoms with van der Waals surface area (Å²) in [6.45, 7) is 0.512. The van der Waals surface area contributed by atoms with Crippen molar-refractivity contribution in [3.8, 4) is 11.5 Å². The van der Waals surface area contributed by atoms with Crippen molar-refractivity contribution < 1.29 is 14.3 Å². The van der Waals surface area contributed by atoms with E-state index >= 15 is 0 Å². The van der Waals surface area contributed by atoms with Crippen molar-refractivity contribution in [3.05, 3.63) is 59.6 Å². The number of carbonyl (C=O) groups is 1. The van der Waals surface area contributed by atoms with Crippen LogP contribution in [0.15, 0.2) is 48.2 Å². The number of nitrogens with zero attached hydrogens (tertiary/aromatic N) is 3. The molecule has 0 radical (unpaired) electrons. The van der Waals surface area contributed by atoms with Gasteiger partial charge >= 0.3 is 0 Å². The van der Waals surface area contributed by atoms with E-state index in [-0.39, 0.29) is 19.1 Å². The fourth-order valence-electron chi connectivity index (χ4n) is 2.70. The zero-order valence-corrected chi connectivity index (χ0v) is 13.6. The summed E-state index contributed by atoms with van der Waals surface area (Å²) >= 11 is 0. The maximum atomic E-state index is 12.4. The first-order chi connectivity index (χ1) is 12.2. The minimum absolute atomic E-state index is 0.193. The van der Waals surface area contributed by atoms with Crippen molar-refractivity contribution >= 4 is 17.6 Å². The molecule has 1 aromatic carbocycles. The Kier molecular flexibility index (Phi) is 3.81. The summed E-state index contributed by atoms with van der Waals surface area (Å²) in [5.41, 5.74) is 2.12. The van der Waals surface area contributed by atoms with Crippen LogP contribution in [-0.2, 0) is 11.3 Å². The minimum atomic E-state index is -0.193. The van der Waals surface area contributed by atoms with E-state index in [4.69, 9.17) is 9.47 Å². The van der Waals surface area contributed by atoms with Crippen molar-refractivity contribution in [1.29, 1.82) is 0 Å². The Morgan fingerprint density at radius 1 is 1.32 bits per heavy atom. The molecule has 3 aromatic rings. The van der Waals surface area contributed by atoms with Gasteiger partial charge in [0.15, 0.2) is 11.5 Å². The van der Waals surface area contributed by atoms with E-state index in [1.54, 1.807) is 7.11 Å². The number of amides is 1. The third kappa shape index (κ3) is 2.91. The SMILES string of the molecule is COc1ccc2c(c1)C=C(C(=O)NCc1nnc3ccccn13)CO2. The lowest BCUT2D eigenvalue weighted by Gasteiger charge is -2.18. The van der Waals surface area contributed by atoms with Crippen LogP contribution in [0.25, 0.3) is 11.7 Å². The first-order valence-corrected chi connectivity index (χ1v) is 7.83. The number of methoxy groups -OCH3 is 1. The van der Waals surface area contributed by atoms with Crippen molar-refractivity contribution in [2.75, 3.05) is 13.7 Å². The van der Waals surface area contributed by atoms with E-state index < -0.39 is 0 Å². The number of fused-ring (bicyclic) bond motifs is 2. The van der Waals surface area contributed by atoms with Gasteiger partial charge in [0, 0.05) is 11.8 Å². The van der Waals surface area contributed by atoms with Gasteiger partial charge in [-0.25, -0.2) is 0 Å². The molecule has 0 unspecified atom stereocenters. The van der Waals surface area contributed by atoms with Crippen LogP contribution in [0.4, 0.5) is 0 Å². The highest BCUT2D eigenvalue weighted by molar-refractivity contribution is 5.99. The highest BCUT2D eigenvalue weighted by atomic mass is 16.5. The van der Waals surface area contributed by atoms with Gasteiger partial charge in [0.25, 0.3) is 5.91 Å². The Morgan fingerprint density at radius 2 is 2.24 bits per heavy atom. The summed E-state index contributed by atoms with van der Waals surface area (Å²) in [4.78, 5) is 12.4. The summed E-state index contributed by atoms with van der Waals surface area (Å²) in [7, 11) is 1.60. The zero-order valence-electron chi connectivity index (χ0n) is 13.6. The lowest BCUT2D eigenvalue weighted by Crippen LogP contribution is -2.29. The van der Waals surface area contributed by atoms with E-state index in [0.29, 0.717) is 11.4 Å². The van der Waals surface area contributed by atoms with Gasteiger partial charge in [-0.05, 0) is 36.4 Å².